The zero-order valence-electron chi connectivity index (χ0n) is 64.6. The summed E-state index contributed by atoms with van der Waals surface area (Å²) in [6, 6.07) is 56.0. The van der Waals surface area contributed by atoms with Crippen molar-refractivity contribution < 1.29 is 0 Å². The van der Waals surface area contributed by atoms with Crippen molar-refractivity contribution >= 4 is 82.2 Å². The molecule has 2 nitrogen and oxygen atoms in total. The molecule has 11 rings (SSSR count). The van der Waals surface area contributed by atoms with Crippen molar-refractivity contribution in [1.29, 1.82) is 0 Å². The first-order valence-corrected chi connectivity index (χ1v) is 46.6. The number of nitrogens with zero attached hydrogens (tertiary/aromatic N) is 2. The molecule has 4 heteroatoms. The summed E-state index contributed by atoms with van der Waals surface area (Å²) in [4.78, 5) is 5.44. The molecule has 518 valence electrons. The highest BCUT2D eigenvalue weighted by Crippen LogP contribution is 2.54. The lowest BCUT2D eigenvalue weighted by atomic mass is 9.81. The fourth-order valence-corrected chi connectivity index (χ4v) is 21.1. The SMILES string of the molecule is CCCCCCCCc1c(CCCCCCCC)c2cc(N(c3ccc4c(c3)C(C)(C)c3cc(CCCC)ccc3-4)c3cc(CC)c([Si](C)(C)C)cc3CC)ccc2c2ccc(N(c3ccc4c(c3)C(C)(C)c3cc(CCCC)ccc3-4)c3cc(CC)c([Si](C)(C)C)cc3CC)cc12. The van der Waals surface area contributed by atoms with Gasteiger partial charge in [-0.3, -0.25) is 0 Å². The third kappa shape index (κ3) is 14.6. The van der Waals surface area contributed by atoms with Gasteiger partial charge in [0.15, 0.2) is 0 Å². The van der Waals surface area contributed by atoms with Crippen LogP contribution < -0.4 is 20.2 Å². The van der Waals surface area contributed by atoms with Crippen LogP contribution in [0.2, 0.25) is 39.3 Å². The molecule has 0 atom stereocenters. The monoisotopic (exact) mass is 1340 g/mol. The van der Waals surface area contributed by atoms with Crippen LogP contribution in [-0.4, -0.2) is 16.1 Å². The molecule has 2 aliphatic carbocycles. The Morgan fingerprint density at radius 1 is 0.286 bits per heavy atom. The van der Waals surface area contributed by atoms with Crippen molar-refractivity contribution in [3.05, 3.63) is 200 Å². The van der Waals surface area contributed by atoms with Crippen LogP contribution in [0.1, 0.15) is 253 Å². The molecule has 0 unspecified atom stereocenters. The Hall–Kier alpha value is -6.47. The molecular weight excluding hydrogens is 1210 g/mol. The Labute approximate surface area is 597 Å². The Balaban J connectivity index is 1.17. The van der Waals surface area contributed by atoms with Crippen molar-refractivity contribution in [1.82, 2.24) is 0 Å². The first-order chi connectivity index (χ1) is 47.1. The van der Waals surface area contributed by atoms with E-state index in [1.165, 1.54) is 236 Å². The highest BCUT2D eigenvalue weighted by atomic mass is 28.3. The lowest BCUT2D eigenvalue weighted by Gasteiger charge is -2.33. The van der Waals surface area contributed by atoms with Gasteiger partial charge in [0, 0.05) is 45.0 Å². The molecular formula is C94H124N2Si2. The number of benzene rings is 9. The van der Waals surface area contributed by atoms with Crippen LogP contribution in [0, 0.1) is 0 Å². The quantitative estimate of drug-likeness (QED) is 0.0236. The largest absolute Gasteiger partial charge is 0.310 e. The van der Waals surface area contributed by atoms with Gasteiger partial charge in [0.1, 0.15) is 0 Å². The van der Waals surface area contributed by atoms with E-state index >= 15 is 0 Å². The molecule has 0 fully saturated rings. The van der Waals surface area contributed by atoms with Crippen LogP contribution in [0.5, 0.6) is 0 Å². The summed E-state index contributed by atoms with van der Waals surface area (Å²) in [5.74, 6) is 0. The van der Waals surface area contributed by atoms with Crippen molar-refractivity contribution in [2.75, 3.05) is 9.80 Å². The fraction of sp³-hybridized carbons (Fsp3) is 0.468. The second kappa shape index (κ2) is 30.8. The van der Waals surface area contributed by atoms with Gasteiger partial charge in [-0.25, -0.2) is 0 Å². The summed E-state index contributed by atoms with van der Waals surface area (Å²) in [6.45, 7) is 44.1. The first kappa shape index (κ1) is 72.8. The van der Waals surface area contributed by atoms with Crippen LogP contribution in [0.15, 0.2) is 133 Å². The normalized spacial score (nSPS) is 13.7. The van der Waals surface area contributed by atoms with E-state index in [0.717, 1.165) is 51.4 Å². The van der Waals surface area contributed by atoms with Crippen LogP contribution >= 0.6 is 0 Å². The maximum atomic E-state index is 2.72. The van der Waals surface area contributed by atoms with Crippen LogP contribution in [0.4, 0.5) is 34.1 Å². The molecule has 0 bridgehead atoms. The molecule has 0 heterocycles. The zero-order valence-corrected chi connectivity index (χ0v) is 66.6. The lowest BCUT2D eigenvalue weighted by Crippen LogP contribution is -2.40. The maximum Gasteiger partial charge on any atom is 0.0779 e. The molecule has 0 radical (unpaired) electrons. The Morgan fingerprint density at radius 3 is 0.949 bits per heavy atom. The van der Waals surface area contributed by atoms with Gasteiger partial charge in [-0.15, -0.1) is 0 Å². The highest BCUT2D eigenvalue weighted by molar-refractivity contribution is 6.89. The first-order valence-electron chi connectivity index (χ1n) is 39.6. The topological polar surface area (TPSA) is 6.48 Å². The third-order valence-electron chi connectivity index (χ3n) is 23.2. The van der Waals surface area contributed by atoms with E-state index in [-0.39, 0.29) is 10.8 Å². The minimum absolute atomic E-state index is 0.139. The lowest BCUT2D eigenvalue weighted by molar-refractivity contribution is 0.600. The van der Waals surface area contributed by atoms with Gasteiger partial charge < -0.3 is 9.80 Å². The maximum absolute atomic E-state index is 2.72. The third-order valence-corrected chi connectivity index (χ3v) is 27.4. The molecule has 0 N–H and O–H groups in total. The molecule has 9 aromatic rings. The van der Waals surface area contributed by atoms with E-state index in [1.54, 1.807) is 21.5 Å². The van der Waals surface area contributed by atoms with Crippen LogP contribution in [-0.2, 0) is 62.2 Å². The molecule has 0 aliphatic heterocycles. The number of aryl methyl sites for hydroxylation is 8. The molecule has 0 saturated carbocycles. The molecule has 0 amide bonds. The number of hydrogen-bond acceptors (Lipinski definition) is 2. The van der Waals surface area contributed by atoms with E-state index in [1.807, 2.05) is 0 Å². The zero-order chi connectivity index (χ0) is 69.8. The summed E-state index contributed by atoms with van der Waals surface area (Å²) >= 11 is 0. The minimum atomic E-state index is -1.68. The second-order valence-electron chi connectivity index (χ2n) is 33.0. The van der Waals surface area contributed by atoms with Gasteiger partial charge in [0.25, 0.3) is 0 Å². The van der Waals surface area contributed by atoms with Gasteiger partial charge in [-0.1, -0.05) is 283 Å². The second-order valence-corrected chi connectivity index (χ2v) is 43.1. The van der Waals surface area contributed by atoms with Crippen LogP contribution in [0.25, 0.3) is 43.8 Å². The smallest absolute Gasteiger partial charge is 0.0779 e. The predicted octanol–water partition coefficient (Wildman–Crippen LogP) is 27.4. The van der Waals surface area contributed by atoms with Crippen LogP contribution in [0.3, 0.4) is 0 Å². The number of unbranched alkanes of at least 4 members (excludes halogenated alkanes) is 12. The average molecular weight is 1340 g/mol. The Kier molecular flexibility index (Phi) is 22.9. The Morgan fingerprint density at radius 2 is 0.602 bits per heavy atom. The van der Waals surface area contributed by atoms with Gasteiger partial charge in [-0.05, 0) is 248 Å². The van der Waals surface area contributed by atoms with Crippen molar-refractivity contribution in [3.63, 3.8) is 0 Å². The average Bonchev–Trinajstić information content (AvgIpc) is 1.30. The van der Waals surface area contributed by atoms with E-state index in [0.29, 0.717) is 0 Å². The summed E-state index contributed by atoms with van der Waals surface area (Å²) in [6.07, 6.45) is 28.6. The number of anilines is 6. The number of rotatable bonds is 32. The minimum Gasteiger partial charge on any atom is -0.310 e. The molecule has 0 saturated heterocycles. The van der Waals surface area contributed by atoms with Crippen molar-refractivity contribution in [3.8, 4) is 22.3 Å². The fourth-order valence-electron chi connectivity index (χ4n) is 17.4. The van der Waals surface area contributed by atoms with E-state index in [9.17, 15) is 0 Å². The van der Waals surface area contributed by atoms with Gasteiger partial charge in [0.2, 0.25) is 0 Å². The summed E-state index contributed by atoms with van der Waals surface area (Å²) < 4.78 is 0. The standard InChI is InChI=1S/C94H124N2Si2/c1-19-27-31-33-35-37-41-75-76(42-38-36-34-32-28-20-2)84-62-72(96(90-58-70(26-8)92(98(16,17)18)60-68(90)24-6)74-48-54-82-80-50-44-66(40-30-22-4)56-86(80)94(11,12)88(82)64-74)46-52-78(84)77-51-45-71(61-83(75)77)95(89-57-69(25-7)91(97(13,14)15)59-67(89)23-5)73-47-53-81-79-49-43-65(39-29-21-3)55-85(79)93(9,10)87(81)63-73/h43-64H,19-42H2,1-18H3. The predicted molar refractivity (Wildman–Crippen MR) is 441 cm³/mol. The van der Waals surface area contributed by atoms with E-state index in [4.69, 9.17) is 0 Å². The Bertz CT molecular complexity index is 4030. The highest BCUT2D eigenvalue weighted by Gasteiger charge is 2.39. The molecule has 0 spiro atoms. The molecule has 0 aromatic heterocycles. The van der Waals surface area contributed by atoms with Gasteiger partial charge in [-0.2, -0.15) is 0 Å². The summed E-state index contributed by atoms with van der Waals surface area (Å²) in [5, 5.41) is 8.87. The molecule has 9 aromatic carbocycles. The van der Waals surface area contributed by atoms with E-state index < -0.39 is 16.1 Å². The van der Waals surface area contributed by atoms with Crippen molar-refractivity contribution in [2.45, 2.75) is 287 Å². The molecule has 2 aliphatic rings. The van der Waals surface area contributed by atoms with Crippen molar-refractivity contribution in [2.24, 2.45) is 0 Å². The van der Waals surface area contributed by atoms with Gasteiger partial charge >= 0.3 is 0 Å². The summed E-state index contributed by atoms with van der Waals surface area (Å²) in [5.41, 5.74) is 30.8. The van der Waals surface area contributed by atoms with E-state index in [2.05, 4.69) is 266 Å². The molecule has 98 heavy (non-hydrogen) atoms. The number of hydrogen-bond donors (Lipinski definition) is 0. The number of fused-ring (bicyclic) bond motifs is 9. The van der Waals surface area contributed by atoms with Gasteiger partial charge in [0.05, 0.1) is 16.1 Å². The summed E-state index contributed by atoms with van der Waals surface area (Å²) in [7, 11) is -3.37.